The van der Waals surface area contributed by atoms with Crippen LogP contribution in [0, 0.1) is 0 Å². The molecule has 1 aliphatic heterocycles. The van der Waals surface area contributed by atoms with E-state index in [4.69, 9.17) is 0 Å². The number of nitrogens with zero attached hydrogens (tertiary/aromatic N) is 4. The smallest absolute Gasteiger partial charge is 0.254 e. The van der Waals surface area contributed by atoms with E-state index in [-0.39, 0.29) is 5.91 Å². The molecule has 0 unspecified atom stereocenters. The summed E-state index contributed by atoms with van der Waals surface area (Å²) in [5.41, 5.74) is 3.26. The van der Waals surface area contributed by atoms with Gasteiger partial charge in [-0.1, -0.05) is 30.3 Å². The molecular formula is C21H23N5O2. The molecule has 2 aromatic heterocycles. The van der Waals surface area contributed by atoms with Gasteiger partial charge in [-0.25, -0.2) is 4.98 Å². The quantitative estimate of drug-likeness (QED) is 0.713. The van der Waals surface area contributed by atoms with E-state index in [0.29, 0.717) is 43.1 Å². The normalized spacial score (nSPS) is 14.4. The molecule has 7 nitrogen and oxygen atoms in total. The van der Waals surface area contributed by atoms with Crippen LogP contribution in [0.1, 0.15) is 33.4 Å². The first-order valence-corrected chi connectivity index (χ1v) is 9.36. The number of amides is 1. The number of carbonyl (C=O) groups excluding carboxylic acids is 1. The molecule has 0 aliphatic carbocycles. The molecule has 1 aromatic carbocycles. The Morgan fingerprint density at radius 2 is 2.04 bits per heavy atom. The van der Waals surface area contributed by atoms with Crippen LogP contribution in [0.5, 0.6) is 0 Å². The molecule has 1 amide bonds. The number of hydrogen-bond acceptors (Lipinski definition) is 5. The minimum absolute atomic E-state index is 0.0299. The molecule has 3 heterocycles. The van der Waals surface area contributed by atoms with E-state index in [0.717, 1.165) is 11.3 Å². The molecule has 3 aromatic rings. The second-order valence-corrected chi connectivity index (χ2v) is 6.90. The zero-order chi connectivity index (χ0) is 19.5. The van der Waals surface area contributed by atoms with Gasteiger partial charge in [0.15, 0.2) is 0 Å². The number of benzene rings is 1. The van der Waals surface area contributed by atoms with Gasteiger partial charge in [-0.3, -0.25) is 9.48 Å². The van der Waals surface area contributed by atoms with Gasteiger partial charge >= 0.3 is 0 Å². The van der Waals surface area contributed by atoms with Crippen molar-refractivity contribution in [1.82, 2.24) is 19.7 Å². The van der Waals surface area contributed by atoms with Crippen molar-refractivity contribution < 1.29 is 9.90 Å². The lowest BCUT2D eigenvalue weighted by Crippen LogP contribution is -2.38. The van der Waals surface area contributed by atoms with Crippen LogP contribution in [-0.4, -0.2) is 44.3 Å². The zero-order valence-corrected chi connectivity index (χ0v) is 15.7. The summed E-state index contributed by atoms with van der Waals surface area (Å²) in [5, 5.41) is 18.1. The number of aromatic nitrogens is 3. The molecule has 28 heavy (non-hydrogen) atoms. The van der Waals surface area contributed by atoms with Crippen molar-refractivity contribution in [2.24, 2.45) is 0 Å². The van der Waals surface area contributed by atoms with E-state index in [1.54, 1.807) is 30.3 Å². The maximum atomic E-state index is 12.9. The first-order chi connectivity index (χ1) is 13.6. The van der Waals surface area contributed by atoms with Crippen LogP contribution in [-0.2, 0) is 19.5 Å². The Bertz CT molecular complexity index is 970. The number of fused-ring (bicyclic) bond motifs is 1. The Balaban J connectivity index is 1.47. The van der Waals surface area contributed by atoms with Crippen LogP contribution in [0.25, 0.3) is 0 Å². The summed E-state index contributed by atoms with van der Waals surface area (Å²) in [6, 6.07) is 15.2. The lowest BCUT2D eigenvalue weighted by Gasteiger charge is -2.27. The maximum Gasteiger partial charge on any atom is 0.254 e. The zero-order valence-electron chi connectivity index (χ0n) is 15.7. The molecule has 2 N–H and O–H groups in total. The van der Waals surface area contributed by atoms with Crippen LogP contribution < -0.4 is 5.32 Å². The van der Waals surface area contributed by atoms with Crippen LogP contribution in [0.4, 0.5) is 5.82 Å². The van der Waals surface area contributed by atoms with Crippen molar-refractivity contribution in [1.29, 1.82) is 0 Å². The topological polar surface area (TPSA) is 83.3 Å². The monoisotopic (exact) mass is 377 g/mol. The molecule has 7 heteroatoms. The highest BCUT2D eigenvalue weighted by Crippen LogP contribution is 2.22. The summed E-state index contributed by atoms with van der Waals surface area (Å²) < 4.78 is 1.89. The molecule has 0 spiro atoms. The largest absolute Gasteiger partial charge is 0.386 e. The standard InChI is InChI=1S/C21H23N5O2/c1-22-20-12-16(7-8-23-20)21(28)25-9-10-26-17(14-25)13-18(24-26)19(27)11-15-5-3-2-4-6-15/h2-8,12-13,19,27H,9-11,14H2,1H3,(H,22,23)/t19-/m1/s1. The minimum atomic E-state index is -0.664. The Hall–Kier alpha value is -3.19. The second-order valence-electron chi connectivity index (χ2n) is 6.90. The summed E-state index contributed by atoms with van der Waals surface area (Å²) in [6.07, 6.45) is 1.48. The Morgan fingerprint density at radius 1 is 1.21 bits per heavy atom. The molecule has 0 fully saturated rings. The molecular weight excluding hydrogens is 354 g/mol. The van der Waals surface area contributed by atoms with Crippen molar-refractivity contribution in [2.45, 2.75) is 25.6 Å². The Morgan fingerprint density at radius 3 is 2.82 bits per heavy atom. The molecule has 144 valence electrons. The fourth-order valence-electron chi connectivity index (χ4n) is 3.45. The molecule has 4 rings (SSSR count). The summed E-state index contributed by atoms with van der Waals surface area (Å²) in [7, 11) is 1.78. The van der Waals surface area contributed by atoms with Gasteiger partial charge in [-0.05, 0) is 23.8 Å². The summed E-state index contributed by atoms with van der Waals surface area (Å²) in [6.45, 7) is 1.67. The van der Waals surface area contributed by atoms with Crippen molar-refractivity contribution in [3.05, 3.63) is 77.2 Å². The van der Waals surface area contributed by atoms with Gasteiger partial charge in [-0.15, -0.1) is 0 Å². The van der Waals surface area contributed by atoms with E-state index in [1.807, 2.05) is 41.1 Å². The fraction of sp³-hybridized carbons (Fsp3) is 0.286. The average Bonchev–Trinajstić information content (AvgIpc) is 3.17. The van der Waals surface area contributed by atoms with E-state index < -0.39 is 6.10 Å². The lowest BCUT2D eigenvalue weighted by atomic mass is 10.1. The number of pyridine rings is 1. The summed E-state index contributed by atoms with van der Waals surface area (Å²) in [4.78, 5) is 18.8. The van der Waals surface area contributed by atoms with E-state index >= 15 is 0 Å². The van der Waals surface area contributed by atoms with Crippen LogP contribution >= 0.6 is 0 Å². The van der Waals surface area contributed by atoms with Gasteiger partial charge in [-0.2, -0.15) is 5.10 Å². The first kappa shape index (κ1) is 18.2. The number of carbonyl (C=O) groups is 1. The predicted molar refractivity (Wildman–Crippen MR) is 106 cm³/mol. The Labute approximate surface area is 163 Å². The van der Waals surface area contributed by atoms with Gasteiger partial charge in [0, 0.05) is 31.8 Å². The van der Waals surface area contributed by atoms with Gasteiger partial charge in [0.2, 0.25) is 0 Å². The van der Waals surface area contributed by atoms with E-state index in [1.165, 1.54) is 0 Å². The average molecular weight is 377 g/mol. The number of anilines is 1. The first-order valence-electron chi connectivity index (χ1n) is 9.36. The van der Waals surface area contributed by atoms with Crippen molar-refractivity contribution in [3.8, 4) is 0 Å². The van der Waals surface area contributed by atoms with Crippen molar-refractivity contribution in [3.63, 3.8) is 0 Å². The SMILES string of the molecule is CNc1cc(C(=O)N2CCn3nc([C@H](O)Cc4ccccc4)cc3C2)ccn1. The van der Waals surface area contributed by atoms with Crippen molar-refractivity contribution >= 4 is 11.7 Å². The van der Waals surface area contributed by atoms with Gasteiger partial charge in [0.05, 0.1) is 24.5 Å². The fourth-order valence-corrected chi connectivity index (χ4v) is 3.45. The van der Waals surface area contributed by atoms with E-state index in [9.17, 15) is 9.90 Å². The molecule has 1 atom stereocenters. The van der Waals surface area contributed by atoms with Crippen LogP contribution in [0.15, 0.2) is 54.7 Å². The molecule has 0 radical (unpaired) electrons. The second kappa shape index (κ2) is 7.82. The number of hydrogen-bond donors (Lipinski definition) is 2. The van der Waals surface area contributed by atoms with Crippen molar-refractivity contribution in [2.75, 3.05) is 18.9 Å². The van der Waals surface area contributed by atoms with Gasteiger partial charge in [0.1, 0.15) is 11.9 Å². The third-order valence-electron chi connectivity index (χ3n) is 4.98. The molecule has 1 aliphatic rings. The number of aliphatic hydroxyl groups excluding tert-OH is 1. The van der Waals surface area contributed by atoms with Crippen LogP contribution in [0.2, 0.25) is 0 Å². The molecule has 0 saturated carbocycles. The molecule has 0 bridgehead atoms. The minimum Gasteiger partial charge on any atom is -0.386 e. The number of nitrogens with one attached hydrogen (secondary N) is 1. The maximum absolute atomic E-state index is 12.9. The van der Waals surface area contributed by atoms with Crippen LogP contribution in [0.3, 0.4) is 0 Å². The lowest BCUT2D eigenvalue weighted by molar-refractivity contribution is 0.0705. The van der Waals surface area contributed by atoms with E-state index in [2.05, 4.69) is 15.4 Å². The number of aliphatic hydroxyl groups is 1. The van der Waals surface area contributed by atoms with Gasteiger partial charge < -0.3 is 15.3 Å². The highest BCUT2D eigenvalue weighted by Gasteiger charge is 2.25. The third kappa shape index (κ3) is 3.75. The highest BCUT2D eigenvalue weighted by atomic mass is 16.3. The number of rotatable bonds is 5. The summed E-state index contributed by atoms with van der Waals surface area (Å²) >= 11 is 0. The third-order valence-corrected chi connectivity index (χ3v) is 4.98. The molecule has 0 saturated heterocycles. The predicted octanol–water partition coefficient (Wildman–Crippen LogP) is 2.25. The highest BCUT2D eigenvalue weighted by molar-refractivity contribution is 5.94. The van der Waals surface area contributed by atoms with Gasteiger partial charge in [0.25, 0.3) is 5.91 Å². The summed E-state index contributed by atoms with van der Waals surface area (Å²) in [5.74, 6) is 0.636. The Kier molecular flexibility index (Phi) is 5.08.